The minimum Gasteiger partial charge on any atom is -0.458 e. The van der Waals surface area contributed by atoms with Crippen molar-refractivity contribution >= 4 is 19.8 Å². The van der Waals surface area contributed by atoms with E-state index in [1.807, 2.05) is 12.2 Å². The molecular weight excluding hydrogens is 932 g/mol. The zero-order valence-electron chi connectivity index (χ0n) is 41.8. The first-order chi connectivity index (χ1) is 33.7. The molecule has 0 radical (unpaired) electrons. The van der Waals surface area contributed by atoms with Crippen LogP contribution in [-0.4, -0.2) is 151 Å². The second kappa shape index (κ2) is 38.2. The molecule has 18 nitrogen and oxygen atoms in total. The summed E-state index contributed by atoms with van der Waals surface area (Å²) in [5.41, 5.74) is 0. The van der Waals surface area contributed by atoms with Crippen LogP contribution in [0.5, 0.6) is 0 Å². The van der Waals surface area contributed by atoms with Gasteiger partial charge < -0.3 is 64.7 Å². The summed E-state index contributed by atoms with van der Waals surface area (Å²) >= 11 is 0. The molecule has 1 aliphatic heterocycles. The average Bonchev–Trinajstić information content (AvgIpc) is 3.34. The molecule has 1 heterocycles. The van der Waals surface area contributed by atoms with Gasteiger partial charge in [-0.05, 0) is 25.7 Å². The maximum absolute atomic E-state index is 13.4. The van der Waals surface area contributed by atoms with Crippen molar-refractivity contribution in [2.45, 2.75) is 241 Å². The van der Waals surface area contributed by atoms with Gasteiger partial charge in [-0.1, -0.05) is 179 Å². The van der Waals surface area contributed by atoms with Crippen LogP contribution in [0.1, 0.15) is 168 Å². The number of carbonyl (C=O) groups is 2. The standard InChI is InChI=1S/C51H89O18P/c1-3-5-7-9-11-13-15-17-19-21-23-25-27-29-31-33-40(53)64-36-38(66-41(54)34-32-30-28-26-24-22-20-18-16-14-12-10-8-6-4-2)37-65-70(62,63)69-50-47(60)45(58)44(57)46(59)49(50)68-51-48(61)43(56)42(55)39(35-52)67-51/h27-34,38-39,42-52,55-61H,3-26,35-37H2,1-2H3,(H,62,63)/b29-27+,30-28+,33-31+,34-32+. The summed E-state index contributed by atoms with van der Waals surface area (Å²) in [6.45, 7) is 2.01. The molecule has 0 amide bonds. The summed E-state index contributed by atoms with van der Waals surface area (Å²) in [7, 11) is -5.42. The van der Waals surface area contributed by atoms with E-state index in [2.05, 4.69) is 13.8 Å². The molecule has 70 heavy (non-hydrogen) atoms. The van der Waals surface area contributed by atoms with Crippen molar-refractivity contribution in [1.82, 2.24) is 0 Å². The fraction of sp³-hybridized carbons (Fsp3) is 0.804. The molecule has 2 rings (SSSR count). The van der Waals surface area contributed by atoms with Gasteiger partial charge in [0, 0.05) is 12.2 Å². The number of unbranched alkanes of at least 4 members (excludes halogenated alkanes) is 22. The molecule has 0 aromatic heterocycles. The van der Waals surface area contributed by atoms with Gasteiger partial charge in [0.05, 0.1) is 13.2 Å². The molecule has 406 valence electrons. The lowest BCUT2D eigenvalue weighted by molar-refractivity contribution is -0.338. The van der Waals surface area contributed by atoms with Crippen molar-refractivity contribution in [1.29, 1.82) is 0 Å². The molecule has 0 aromatic carbocycles. The number of aliphatic hydroxyl groups is 8. The monoisotopic (exact) mass is 1020 g/mol. The fourth-order valence-electron chi connectivity index (χ4n) is 8.17. The van der Waals surface area contributed by atoms with Crippen molar-refractivity contribution in [2.24, 2.45) is 0 Å². The first-order valence-corrected chi connectivity index (χ1v) is 27.5. The fourth-order valence-corrected chi connectivity index (χ4v) is 9.14. The van der Waals surface area contributed by atoms with E-state index < -0.39 is 113 Å². The first-order valence-electron chi connectivity index (χ1n) is 26.0. The number of rotatable bonds is 39. The van der Waals surface area contributed by atoms with Crippen LogP contribution in [0.3, 0.4) is 0 Å². The second-order valence-corrected chi connectivity index (χ2v) is 19.9. The van der Waals surface area contributed by atoms with E-state index in [9.17, 15) is 59.9 Å². The number of hydrogen-bond acceptors (Lipinski definition) is 17. The normalized spacial score (nSPS) is 27.7. The van der Waals surface area contributed by atoms with Gasteiger partial charge in [0.2, 0.25) is 0 Å². The third-order valence-corrected chi connectivity index (χ3v) is 13.5. The SMILES string of the molecule is CCCCCCCCCCCCC/C=C/C=C/C(=O)OCC(COP(=O)(O)OC1C(O)C(O)C(O)C(O)C1OC1OC(CO)C(O)C(O)C1O)OC(=O)/C=C/C=C/CCCCCCCCCCCCC. The van der Waals surface area contributed by atoms with Crippen LogP contribution in [0.15, 0.2) is 48.6 Å². The summed E-state index contributed by atoms with van der Waals surface area (Å²) in [5, 5.41) is 82.9. The number of hydrogen-bond donors (Lipinski definition) is 9. The van der Waals surface area contributed by atoms with Gasteiger partial charge in [-0.2, -0.15) is 0 Å². The number of phosphoric acid groups is 1. The van der Waals surface area contributed by atoms with Crippen LogP contribution >= 0.6 is 7.82 Å². The lowest BCUT2D eigenvalue weighted by atomic mass is 9.84. The Balaban J connectivity index is 2.00. The van der Waals surface area contributed by atoms with Crippen molar-refractivity contribution in [3.63, 3.8) is 0 Å². The van der Waals surface area contributed by atoms with Crippen LogP contribution in [0.4, 0.5) is 0 Å². The molecule has 9 N–H and O–H groups in total. The highest BCUT2D eigenvalue weighted by Crippen LogP contribution is 2.48. The van der Waals surface area contributed by atoms with Crippen molar-refractivity contribution in [2.75, 3.05) is 19.8 Å². The third-order valence-electron chi connectivity index (χ3n) is 12.5. The van der Waals surface area contributed by atoms with E-state index in [1.54, 1.807) is 12.2 Å². The zero-order valence-corrected chi connectivity index (χ0v) is 42.7. The van der Waals surface area contributed by atoms with Crippen molar-refractivity contribution in [3.05, 3.63) is 48.6 Å². The lowest BCUT2D eigenvalue weighted by Gasteiger charge is -2.47. The van der Waals surface area contributed by atoms with E-state index in [4.69, 9.17) is 28.0 Å². The third kappa shape index (κ3) is 26.5. The molecule has 0 spiro atoms. The van der Waals surface area contributed by atoms with E-state index in [0.29, 0.717) is 0 Å². The van der Waals surface area contributed by atoms with Crippen LogP contribution in [0.25, 0.3) is 0 Å². The number of allylic oxidation sites excluding steroid dienone is 6. The molecule has 1 aliphatic carbocycles. The molecule has 1 saturated heterocycles. The average molecular weight is 1020 g/mol. The molecule has 2 fully saturated rings. The quantitative estimate of drug-likeness (QED) is 0.0109. The van der Waals surface area contributed by atoms with Gasteiger partial charge in [-0.3, -0.25) is 9.05 Å². The molecule has 1 saturated carbocycles. The highest BCUT2D eigenvalue weighted by molar-refractivity contribution is 7.47. The van der Waals surface area contributed by atoms with Crippen LogP contribution in [-0.2, 0) is 42.1 Å². The number of ether oxygens (including phenoxy) is 4. The maximum atomic E-state index is 13.4. The highest BCUT2D eigenvalue weighted by atomic mass is 31.2. The highest BCUT2D eigenvalue weighted by Gasteiger charge is 2.55. The molecule has 0 bridgehead atoms. The second-order valence-electron chi connectivity index (χ2n) is 18.5. The molecule has 13 atom stereocenters. The van der Waals surface area contributed by atoms with Gasteiger partial charge in [0.1, 0.15) is 67.6 Å². The predicted molar refractivity (Wildman–Crippen MR) is 263 cm³/mol. The van der Waals surface area contributed by atoms with E-state index >= 15 is 0 Å². The van der Waals surface area contributed by atoms with Crippen LogP contribution in [0.2, 0.25) is 0 Å². The Morgan fingerprint density at radius 1 is 0.543 bits per heavy atom. The Morgan fingerprint density at radius 2 is 0.971 bits per heavy atom. The van der Waals surface area contributed by atoms with Crippen molar-refractivity contribution < 1.29 is 87.9 Å². The smallest absolute Gasteiger partial charge is 0.458 e. The zero-order chi connectivity index (χ0) is 51.6. The van der Waals surface area contributed by atoms with Crippen molar-refractivity contribution in [3.8, 4) is 0 Å². The van der Waals surface area contributed by atoms with Gasteiger partial charge >= 0.3 is 19.8 Å². The summed E-state index contributed by atoms with van der Waals surface area (Å²) in [6.07, 6.45) is 17.5. The summed E-state index contributed by atoms with van der Waals surface area (Å²) in [5.74, 6) is -1.72. The number of carbonyl (C=O) groups excluding carboxylic acids is 2. The van der Waals surface area contributed by atoms with Gasteiger partial charge in [-0.15, -0.1) is 0 Å². The lowest BCUT2D eigenvalue weighted by Crippen LogP contribution is -2.67. The Morgan fingerprint density at radius 3 is 1.44 bits per heavy atom. The van der Waals surface area contributed by atoms with Gasteiger partial charge in [-0.25, -0.2) is 14.2 Å². The number of phosphoric ester groups is 1. The summed E-state index contributed by atoms with van der Waals surface area (Å²) < 4.78 is 45.1. The van der Waals surface area contributed by atoms with Gasteiger partial charge in [0.25, 0.3) is 0 Å². The molecule has 19 heteroatoms. The minimum absolute atomic E-state index is 0.640. The molecule has 2 aliphatic rings. The Hall–Kier alpha value is -2.39. The Bertz CT molecular complexity index is 1540. The van der Waals surface area contributed by atoms with Crippen LogP contribution in [0, 0.1) is 0 Å². The number of aliphatic hydroxyl groups excluding tert-OH is 8. The van der Waals surface area contributed by atoms with E-state index in [1.165, 1.54) is 128 Å². The first kappa shape index (κ1) is 63.7. The molecular formula is C51H89O18P. The summed E-state index contributed by atoms with van der Waals surface area (Å²) in [6, 6.07) is 0. The molecule has 0 aromatic rings. The maximum Gasteiger partial charge on any atom is 0.472 e. The predicted octanol–water partition coefficient (Wildman–Crippen LogP) is 6.21. The number of esters is 2. The summed E-state index contributed by atoms with van der Waals surface area (Å²) in [4.78, 5) is 36.3. The van der Waals surface area contributed by atoms with Crippen LogP contribution < -0.4 is 0 Å². The van der Waals surface area contributed by atoms with E-state index in [0.717, 1.165) is 50.7 Å². The topological polar surface area (TPSA) is 289 Å². The van der Waals surface area contributed by atoms with E-state index in [-0.39, 0.29) is 0 Å². The van der Waals surface area contributed by atoms with Gasteiger partial charge in [0.15, 0.2) is 12.4 Å². The minimum atomic E-state index is -5.42. The Labute approximate surface area is 416 Å². The Kier molecular flexibility index (Phi) is 34.8. The molecule has 13 unspecified atom stereocenters. The largest absolute Gasteiger partial charge is 0.472 e.